The zero-order valence-electron chi connectivity index (χ0n) is 7.49. The molecule has 12 heavy (non-hydrogen) atoms. The minimum Gasteiger partial charge on any atom is -0.386 e. The zero-order chi connectivity index (χ0) is 8.97. The van der Waals surface area contributed by atoms with Gasteiger partial charge in [-0.2, -0.15) is 15.4 Å². The Morgan fingerprint density at radius 2 is 2.17 bits per heavy atom. The third-order valence-corrected chi connectivity index (χ3v) is 2.23. The maximum Gasteiger partial charge on any atom is 0.111 e. The van der Waals surface area contributed by atoms with Gasteiger partial charge in [-0.15, -0.1) is 0 Å². The fourth-order valence-electron chi connectivity index (χ4n) is 1.33. The van der Waals surface area contributed by atoms with Gasteiger partial charge in [0.1, 0.15) is 11.8 Å². The average molecular weight is 169 g/mol. The van der Waals surface area contributed by atoms with E-state index in [0.29, 0.717) is 5.69 Å². The maximum absolute atomic E-state index is 9.75. The number of aromatic amines is 1. The summed E-state index contributed by atoms with van der Waals surface area (Å²) in [4.78, 5) is 0. The Hall–Kier alpha value is -0.900. The molecule has 0 spiro atoms. The summed E-state index contributed by atoms with van der Waals surface area (Å²) in [5.41, 5.74) is 0.642. The van der Waals surface area contributed by atoms with E-state index in [4.69, 9.17) is 0 Å². The van der Waals surface area contributed by atoms with Crippen LogP contribution in [0.1, 0.15) is 38.5 Å². The van der Waals surface area contributed by atoms with Crippen LogP contribution >= 0.6 is 0 Å². The van der Waals surface area contributed by atoms with Gasteiger partial charge in [0.2, 0.25) is 0 Å². The van der Waals surface area contributed by atoms with Gasteiger partial charge in [-0.1, -0.05) is 26.7 Å². The number of aromatic nitrogens is 3. The monoisotopic (exact) mass is 169 g/mol. The smallest absolute Gasteiger partial charge is 0.111 e. The molecule has 0 aromatic carbocycles. The number of rotatable bonds is 4. The van der Waals surface area contributed by atoms with Gasteiger partial charge in [0.15, 0.2) is 0 Å². The molecule has 1 aromatic heterocycles. The summed E-state index contributed by atoms with van der Waals surface area (Å²) in [6.07, 6.45) is 3.02. The van der Waals surface area contributed by atoms with Gasteiger partial charge in [-0.25, -0.2) is 0 Å². The lowest BCUT2D eigenvalue weighted by Crippen LogP contribution is -2.11. The topological polar surface area (TPSA) is 61.8 Å². The van der Waals surface area contributed by atoms with Crippen molar-refractivity contribution in [3.63, 3.8) is 0 Å². The number of aliphatic hydroxyl groups excluding tert-OH is 1. The fourth-order valence-corrected chi connectivity index (χ4v) is 1.33. The summed E-state index contributed by atoms with van der Waals surface area (Å²) in [6.45, 7) is 4.13. The Labute approximate surface area is 72.0 Å². The molecule has 68 valence electrons. The number of hydrogen-bond acceptors (Lipinski definition) is 3. The van der Waals surface area contributed by atoms with Gasteiger partial charge in [0.05, 0.1) is 6.20 Å². The van der Waals surface area contributed by atoms with E-state index >= 15 is 0 Å². The van der Waals surface area contributed by atoms with Crippen molar-refractivity contribution in [2.75, 3.05) is 0 Å². The van der Waals surface area contributed by atoms with Crippen LogP contribution in [0.5, 0.6) is 0 Å². The predicted octanol–water partition coefficient (Wildman–Crippen LogP) is 1.27. The normalized spacial score (nSPS) is 13.7. The highest BCUT2D eigenvalue weighted by Gasteiger charge is 2.19. The Balaban J connectivity index is 2.63. The number of aliphatic hydroxyl groups is 1. The molecule has 2 N–H and O–H groups in total. The van der Waals surface area contributed by atoms with Crippen LogP contribution in [0.4, 0.5) is 0 Å². The molecule has 1 heterocycles. The van der Waals surface area contributed by atoms with Gasteiger partial charge in [0.25, 0.3) is 0 Å². The van der Waals surface area contributed by atoms with Crippen LogP contribution in [0.25, 0.3) is 0 Å². The summed E-state index contributed by atoms with van der Waals surface area (Å²) < 4.78 is 0. The first-order chi connectivity index (χ1) is 5.79. The highest BCUT2D eigenvalue weighted by Crippen LogP contribution is 2.24. The largest absolute Gasteiger partial charge is 0.386 e. The molecule has 1 aromatic rings. The molecular weight excluding hydrogens is 154 g/mol. The van der Waals surface area contributed by atoms with E-state index in [9.17, 15) is 5.11 Å². The Kier molecular flexibility index (Phi) is 3.22. The van der Waals surface area contributed by atoms with Crippen molar-refractivity contribution in [2.24, 2.45) is 5.92 Å². The molecule has 0 saturated heterocycles. The van der Waals surface area contributed by atoms with E-state index in [2.05, 4.69) is 29.3 Å². The Bertz CT molecular complexity index is 206. The van der Waals surface area contributed by atoms with E-state index in [0.717, 1.165) is 12.8 Å². The van der Waals surface area contributed by atoms with Gasteiger partial charge in [-0.05, 0) is 5.92 Å². The molecule has 0 bridgehead atoms. The van der Waals surface area contributed by atoms with Crippen LogP contribution in [-0.2, 0) is 0 Å². The van der Waals surface area contributed by atoms with Crippen molar-refractivity contribution in [3.8, 4) is 0 Å². The highest BCUT2D eigenvalue weighted by atomic mass is 16.3. The molecule has 0 fully saturated rings. The minimum atomic E-state index is -0.473. The standard InChI is InChI=1S/C8H15N3O/c1-3-6(4-2)8(12)7-5-9-11-10-7/h5-6,8,12H,3-4H2,1-2H3,(H,9,10,11). The number of nitrogens with zero attached hydrogens (tertiary/aromatic N) is 2. The zero-order valence-corrected chi connectivity index (χ0v) is 7.49. The molecule has 1 rings (SSSR count). The van der Waals surface area contributed by atoms with Crippen molar-refractivity contribution in [1.82, 2.24) is 15.4 Å². The summed E-state index contributed by atoms with van der Waals surface area (Å²) >= 11 is 0. The SMILES string of the molecule is CCC(CC)C(O)c1cn[nH]n1. The van der Waals surface area contributed by atoms with Crippen LogP contribution in [0.2, 0.25) is 0 Å². The van der Waals surface area contributed by atoms with Crippen LogP contribution in [0.3, 0.4) is 0 Å². The molecule has 1 atom stereocenters. The molecule has 1 unspecified atom stereocenters. The molecule has 0 aliphatic carbocycles. The lowest BCUT2D eigenvalue weighted by molar-refractivity contribution is 0.0990. The minimum absolute atomic E-state index is 0.287. The summed E-state index contributed by atoms with van der Waals surface area (Å²) in [5, 5.41) is 19.7. The molecule has 0 amide bonds. The molecule has 0 aliphatic heterocycles. The Morgan fingerprint density at radius 3 is 2.58 bits per heavy atom. The molecular formula is C8H15N3O. The maximum atomic E-state index is 9.75. The second kappa shape index (κ2) is 4.21. The molecule has 4 heteroatoms. The molecule has 0 radical (unpaired) electrons. The second-order valence-corrected chi connectivity index (χ2v) is 2.92. The molecule has 0 aliphatic rings. The lowest BCUT2D eigenvalue weighted by Gasteiger charge is -2.16. The van der Waals surface area contributed by atoms with Crippen LogP contribution < -0.4 is 0 Å². The van der Waals surface area contributed by atoms with Crippen molar-refractivity contribution in [2.45, 2.75) is 32.8 Å². The van der Waals surface area contributed by atoms with Gasteiger partial charge >= 0.3 is 0 Å². The van der Waals surface area contributed by atoms with Crippen LogP contribution in [0, 0.1) is 5.92 Å². The van der Waals surface area contributed by atoms with Crippen molar-refractivity contribution < 1.29 is 5.11 Å². The third-order valence-electron chi connectivity index (χ3n) is 2.23. The third kappa shape index (κ3) is 1.82. The second-order valence-electron chi connectivity index (χ2n) is 2.92. The van der Waals surface area contributed by atoms with E-state index in [1.54, 1.807) is 6.20 Å². The van der Waals surface area contributed by atoms with E-state index in [1.807, 2.05) is 0 Å². The van der Waals surface area contributed by atoms with Gasteiger partial charge < -0.3 is 5.11 Å². The van der Waals surface area contributed by atoms with E-state index in [1.165, 1.54) is 0 Å². The highest BCUT2D eigenvalue weighted by molar-refractivity contribution is 4.97. The van der Waals surface area contributed by atoms with Gasteiger partial charge in [-0.3, -0.25) is 0 Å². The van der Waals surface area contributed by atoms with E-state index < -0.39 is 6.10 Å². The first-order valence-corrected chi connectivity index (χ1v) is 4.33. The summed E-state index contributed by atoms with van der Waals surface area (Å²) in [5.74, 6) is 0.287. The van der Waals surface area contributed by atoms with Crippen LogP contribution in [0.15, 0.2) is 6.20 Å². The number of hydrogen-bond donors (Lipinski definition) is 2. The fraction of sp³-hybridized carbons (Fsp3) is 0.750. The molecule has 0 saturated carbocycles. The first kappa shape index (κ1) is 9.19. The van der Waals surface area contributed by atoms with Crippen LogP contribution in [-0.4, -0.2) is 20.5 Å². The van der Waals surface area contributed by atoms with Crippen molar-refractivity contribution in [3.05, 3.63) is 11.9 Å². The lowest BCUT2D eigenvalue weighted by atomic mass is 9.95. The van der Waals surface area contributed by atoms with Crippen molar-refractivity contribution >= 4 is 0 Å². The molecule has 4 nitrogen and oxygen atoms in total. The number of nitrogens with one attached hydrogen (secondary N) is 1. The first-order valence-electron chi connectivity index (χ1n) is 4.33. The Morgan fingerprint density at radius 1 is 1.50 bits per heavy atom. The van der Waals surface area contributed by atoms with Gasteiger partial charge in [0, 0.05) is 0 Å². The summed E-state index contributed by atoms with van der Waals surface area (Å²) in [6, 6.07) is 0. The number of H-pyrrole nitrogens is 1. The quantitative estimate of drug-likeness (QED) is 0.713. The summed E-state index contributed by atoms with van der Waals surface area (Å²) in [7, 11) is 0. The van der Waals surface area contributed by atoms with E-state index in [-0.39, 0.29) is 5.92 Å². The van der Waals surface area contributed by atoms with Crippen molar-refractivity contribution in [1.29, 1.82) is 0 Å². The predicted molar refractivity (Wildman–Crippen MR) is 45.4 cm³/mol. The average Bonchev–Trinajstić information content (AvgIpc) is 2.58.